The van der Waals surface area contributed by atoms with Crippen LogP contribution in [0.1, 0.15) is 100.0 Å². The van der Waals surface area contributed by atoms with Crippen molar-refractivity contribution in [2.75, 3.05) is 34.8 Å². The molecule has 5 rings (SSSR count). The number of carbonyl (C=O) groups excluding carboxylic acids is 2. The number of aliphatic hydroxyl groups excluding tert-OH is 2. The van der Waals surface area contributed by atoms with Gasteiger partial charge in [0.05, 0.1) is 53.5 Å². The second-order valence-corrected chi connectivity index (χ2v) is 22.0. The molecular weight excluding hydrogens is 994 g/mol. The Hall–Kier alpha value is -2.40. The summed E-state index contributed by atoms with van der Waals surface area (Å²) in [6.45, 7) is 17.6. The van der Waals surface area contributed by atoms with Gasteiger partial charge in [0.2, 0.25) is 0 Å². The van der Waals surface area contributed by atoms with Crippen molar-refractivity contribution < 1.29 is 67.6 Å². The number of nitrogens with zero attached hydrogens (tertiary/aromatic N) is 2. The van der Waals surface area contributed by atoms with E-state index in [9.17, 15) is 30.0 Å². The van der Waals surface area contributed by atoms with Crippen LogP contribution in [0.25, 0.3) is 11.1 Å². The highest BCUT2D eigenvalue weighted by Crippen LogP contribution is 2.41. The van der Waals surface area contributed by atoms with E-state index in [1.54, 1.807) is 60.6 Å². The fourth-order valence-electron chi connectivity index (χ4n) is 10.3. The number of hydrogen-bond acceptors (Lipinski definition) is 15. The first-order valence-electron chi connectivity index (χ1n) is 23.9. The molecule has 15 nitrogen and oxygen atoms in total. The normalized spacial score (nSPS) is 41.0. The number of benzene rings is 2. The zero-order chi connectivity index (χ0) is 50.8. The summed E-state index contributed by atoms with van der Waals surface area (Å²) in [5, 5.41) is 47.3. The van der Waals surface area contributed by atoms with Gasteiger partial charge in [-0.1, -0.05) is 56.3 Å². The SMILES string of the molecule is CO[C@]1(C)C[C@H](O[C@H]2[C@H](C)[C@@H](O[C@@H]3O[C@H](C)CC(N(C)C)[C@H]3OC(=O)C(C)c3ccc(-c4ccccc4)c(F)c3)[C@](C)(O)C[C@@H](C)CN(C)[C@H](C)[C@@H](O)[C@](C)(O)[C@@H](I)OC(=O)[C@@H]2C)O[C@@H](C)[C@@H]1O. The van der Waals surface area contributed by atoms with Gasteiger partial charge < -0.3 is 63.4 Å². The molecule has 0 amide bonds. The van der Waals surface area contributed by atoms with Crippen molar-refractivity contribution >= 4 is 34.5 Å². The molecule has 2 aromatic rings. The van der Waals surface area contributed by atoms with E-state index in [2.05, 4.69) is 0 Å². The average molecular weight is 1070 g/mol. The molecule has 0 saturated carbocycles. The number of halogens is 2. The summed E-state index contributed by atoms with van der Waals surface area (Å²) in [5.41, 5.74) is -3.14. The van der Waals surface area contributed by atoms with Gasteiger partial charge in [-0.15, -0.1) is 0 Å². The zero-order valence-corrected chi connectivity index (χ0v) is 44.5. The van der Waals surface area contributed by atoms with Gasteiger partial charge in [0.15, 0.2) is 22.8 Å². The molecule has 3 aliphatic heterocycles. The molecule has 0 bridgehead atoms. The highest BCUT2D eigenvalue weighted by atomic mass is 127. The van der Waals surface area contributed by atoms with Gasteiger partial charge in [0.1, 0.15) is 23.6 Å². The van der Waals surface area contributed by atoms with Crippen LogP contribution in [0.2, 0.25) is 0 Å². The number of alkyl halides is 1. The average Bonchev–Trinajstić information content (AvgIpc) is 3.27. The maximum Gasteiger partial charge on any atom is 0.313 e. The maximum absolute atomic E-state index is 15.6. The van der Waals surface area contributed by atoms with Gasteiger partial charge in [0, 0.05) is 37.6 Å². The highest BCUT2D eigenvalue weighted by molar-refractivity contribution is 14.1. The fourth-order valence-corrected chi connectivity index (χ4v) is 10.9. The molecule has 0 spiro atoms. The van der Waals surface area contributed by atoms with Gasteiger partial charge in [0.25, 0.3) is 0 Å². The fraction of sp³-hybridized carbons (Fsp3) is 0.725. The summed E-state index contributed by atoms with van der Waals surface area (Å²) in [7, 11) is 7.03. The topological polar surface area (TPSA) is 186 Å². The van der Waals surface area contributed by atoms with E-state index in [1.807, 2.05) is 97.7 Å². The third-order valence-corrected chi connectivity index (χ3v) is 16.3. The number of rotatable bonds is 10. The Morgan fingerprint density at radius 2 is 1.59 bits per heavy atom. The van der Waals surface area contributed by atoms with Crippen LogP contribution in [0, 0.1) is 23.6 Å². The minimum Gasteiger partial charge on any atom is -0.455 e. The molecule has 3 aliphatic rings. The molecule has 3 heterocycles. The number of likely N-dealkylation sites (N-methyl/N-ethyl adjacent to an activating group) is 2. The monoisotopic (exact) mass is 1070 g/mol. The van der Waals surface area contributed by atoms with E-state index < -0.39 is 124 Å². The number of esters is 2. The molecule has 2 aromatic carbocycles. The Bertz CT molecular complexity index is 1980. The maximum atomic E-state index is 15.6. The predicted molar refractivity (Wildman–Crippen MR) is 262 cm³/mol. The standard InChI is InChI=1S/C51H78FIN2O13/c1-27-24-49(8,60)44(67-47-41(38(54(11)12)22-28(2)63-47)66-45(58)29(3)35-20-21-36(37(52)23-35)34-18-16-15-17-19-34)30(4)40(65-39-25-50(9,62-14)43(57)33(7)64-39)31(5)46(59)68-48(53)51(10,61)42(56)32(6)55(13)26-27/h15-21,23,27-33,38-44,47-48,56-57,60-61H,22,24-26H2,1-14H3/t27-,28-,29?,30+,31-,32-,33+,38?,39+,40+,41-,42-,43+,44-,47+,48+,49-,50-,51+/m1/s1. The van der Waals surface area contributed by atoms with Crippen molar-refractivity contribution in [1.82, 2.24) is 9.80 Å². The van der Waals surface area contributed by atoms with Crippen molar-refractivity contribution in [3.8, 4) is 11.1 Å². The molecule has 19 atom stereocenters. The minimum absolute atomic E-state index is 0.0713. The molecule has 384 valence electrons. The summed E-state index contributed by atoms with van der Waals surface area (Å²) in [4.78, 5) is 32.5. The Balaban J connectivity index is 1.57. The third kappa shape index (κ3) is 12.8. The summed E-state index contributed by atoms with van der Waals surface area (Å²) >= 11 is 1.82. The predicted octanol–water partition coefficient (Wildman–Crippen LogP) is 6.04. The van der Waals surface area contributed by atoms with Crippen molar-refractivity contribution in [2.45, 2.75) is 183 Å². The summed E-state index contributed by atoms with van der Waals surface area (Å²) < 4.78 is 59.3. The van der Waals surface area contributed by atoms with Gasteiger partial charge >= 0.3 is 11.9 Å². The first kappa shape index (κ1) is 56.5. The van der Waals surface area contributed by atoms with Crippen LogP contribution in [0.15, 0.2) is 48.5 Å². The molecule has 3 fully saturated rings. The van der Waals surface area contributed by atoms with E-state index in [-0.39, 0.29) is 18.8 Å². The lowest BCUT2D eigenvalue weighted by Gasteiger charge is -2.49. The van der Waals surface area contributed by atoms with Crippen molar-refractivity contribution in [1.29, 1.82) is 0 Å². The molecule has 68 heavy (non-hydrogen) atoms. The molecule has 4 N–H and O–H groups in total. The van der Waals surface area contributed by atoms with Crippen LogP contribution in [0.3, 0.4) is 0 Å². The minimum atomic E-state index is -1.88. The van der Waals surface area contributed by atoms with Crippen LogP contribution in [-0.2, 0) is 42.7 Å². The van der Waals surface area contributed by atoms with Gasteiger partial charge in [-0.2, -0.15) is 0 Å². The quantitative estimate of drug-likeness (QED) is 0.123. The van der Waals surface area contributed by atoms with Crippen LogP contribution >= 0.6 is 22.6 Å². The number of hydrogen-bond donors (Lipinski definition) is 4. The molecule has 2 unspecified atom stereocenters. The van der Waals surface area contributed by atoms with E-state index in [0.29, 0.717) is 29.7 Å². The molecule has 0 aliphatic carbocycles. The van der Waals surface area contributed by atoms with E-state index >= 15 is 4.39 Å². The van der Waals surface area contributed by atoms with Crippen molar-refractivity contribution in [3.63, 3.8) is 0 Å². The number of ether oxygens (including phenoxy) is 7. The van der Waals surface area contributed by atoms with Crippen molar-refractivity contribution in [2.24, 2.45) is 17.8 Å². The summed E-state index contributed by atoms with van der Waals surface area (Å²) in [6, 6.07) is 12.8. The summed E-state index contributed by atoms with van der Waals surface area (Å²) in [6.07, 6.45) is -8.47. The van der Waals surface area contributed by atoms with Crippen LogP contribution in [0.4, 0.5) is 4.39 Å². The lowest BCUT2D eigenvalue weighted by molar-refractivity contribution is -0.319. The number of cyclic esters (lactones) is 1. The highest BCUT2D eigenvalue weighted by Gasteiger charge is 2.53. The third-order valence-electron chi connectivity index (χ3n) is 14.8. The molecule has 0 radical (unpaired) electrons. The second-order valence-electron chi connectivity index (χ2n) is 20.8. The Labute approximate surface area is 416 Å². The molecule has 0 aromatic heterocycles. The molecule has 17 heteroatoms. The molecular formula is C51H78FIN2O13. The van der Waals surface area contributed by atoms with E-state index in [0.717, 1.165) is 0 Å². The first-order chi connectivity index (χ1) is 31.6. The van der Waals surface area contributed by atoms with Crippen LogP contribution in [0.5, 0.6) is 0 Å². The van der Waals surface area contributed by atoms with Crippen LogP contribution < -0.4 is 0 Å². The Morgan fingerprint density at radius 3 is 2.19 bits per heavy atom. The first-order valence-corrected chi connectivity index (χ1v) is 25.1. The van der Waals surface area contributed by atoms with Crippen molar-refractivity contribution in [3.05, 3.63) is 59.9 Å². The zero-order valence-electron chi connectivity index (χ0n) is 42.3. The van der Waals surface area contributed by atoms with E-state index in [4.69, 9.17) is 33.2 Å². The van der Waals surface area contributed by atoms with Gasteiger partial charge in [-0.3, -0.25) is 9.59 Å². The number of aliphatic hydroxyl groups is 4. The Morgan fingerprint density at radius 1 is 0.941 bits per heavy atom. The Kier molecular flexibility index (Phi) is 19.1. The van der Waals surface area contributed by atoms with E-state index in [1.165, 1.54) is 20.1 Å². The smallest absolute Gasteiger partial charge is 0.313 e. The largest absolute Gasteiger partial charge is 0.455 e. The second kappa shape index (κ2) is 23.0. The van der Waals surface area contributed by atoms with Crippen LogP contribution in [-0.4, -0.2) is 165 Å². The lowest BCUT2D eigenvalue weighted by atomic mass is 9.77. The number of carbonyl (C=O) groups is 2. The summed E-state index contributed by atoms with van der Waals surface area (Å²) in [5.74, 6) is -4.99. The lowest BCUT2D eigenvalue weighted by Crippen LogP contribution is -2.61. The molecule has 3 saturated heterocycles. The van der Waals surface area contributed by atoms with Gasteiger partial charge in [-0.05, 0) is 135 Å². The van der Waals surface area contributed by atoms with Gasteiger partial charge in [-0.25, -0.2) is 4.39 Å². The number of methoxy groups -OCH3 is 1.